The van der Waals surface area contributed by atoms with E-state index in [4.69, 9.17) is 4.74 Å². The molecule has 1 unspecified atom stereocenters. The summed E-state index contributed by atoms with van der Waals surface area (Å²) in [5.41, 5.74) is 0.967. The summed E-state index contributed by atoms with van der Waals surface area (Å²) in [5, 5.41) is 10.0. The molecule has 0 heterocycles. The van der Waals surface area contributed by atoms with Crippen molar-refractivity contribution in [3.63, 3.8) is 0 Å². The maximum atomic E-state index is 10.0. The van der Waals surface area contributed by atoms with Gasteiger partial charge in [0.1, 0.15) is 5.75 Å². The highest BCUT2D eigenvalue weighted by Gasteiger charge is 2.07. The Morgan fingerprint density at radius 1 is 1.18 bits per heavy atom. The second kappa shape index (κ2) is 8.13. The van der Waals surface area contributed by atoms with Gasteiger partial charge in [0.05, 0.1) is 12.7 Å². The molecule has 0 amide bonds. The number of benzene rings is 1. The van der Waals surface area contributed by atoms with E-state index in [1.54, 1.807) is 0 Å². The lowest BCUT2D eigenvalue weighted by atomic mass is 10.0. The van der Waals surface area contributed by atoms with E-state index in [1.165, 1.54) is 12.8 Å². The van der Waals surface area contributed by atoms with Crippen molar-refractivity contribution < 1.29 is 9.84 Å². The number of hydrogen-bond acceptors (Lipinski definition) is 2. The Morgan fingerprint density at radius 3 is 2.71 bits per heavy atom. The molecular weight excluding hydrogens is 212 g/mol. The van der Waals surface area contributed by atoms with Crippen LogP contribution in [-0.4, -0.2) is 11.7 Å². The second-order valence-electron chi connectivity index (χ2n) is 4.43. The van der Waals surface area contributed by atoms with E-state index in [0.29, 0.717) is 0 Å². The van der Waals surface area contributed by atoms with Crippen molar-refractivity contribution in [1.82, 2.24) is 0 Å². The Hall–Kier alpha value is -1.02. The second-order valence-corrected chi connectivity index (χ2v) is 4.43. The molecule has 1 aromatic carbocycles. The van der Waals surface area contributed by atoms with Crippen LogP contribution in [0.3, 0.4) is 0 Å². The Kier molecular flexibility index (Phi) is 6.71. The molecule has 0 saturated carbocycles. The molecule has 0 radical (unpaired) electrons. The number of ether oxygens (including phenoxy) is 1. The zero-order chi connectivity index (χ0) is 12.5. The van der Waals surface area contributed by atoms with Gasteiger partial charge in [-0.05, 0) is 30.5 Å². The fourth-order valence-electron chi connectivity index (χ4n) is 1.79. The van der Waals surface area contributed by atoms with Gasteiger partial charge in [-0.3, -0.25) is 0 Å². The summed E-state index contributed by atoms with van der Waals surface area (Å²) in [5.74, 6) is 0.860. The maximum absolute atomic E-state index is 10.0. The van der Waals surface area contributed by atoms with E-state index in [1.807, 2.05) is 24.3 Å². The maximum Gasteiger partial charge on any atom is 0.119 e. The summed E-state index contributed by atoms with van der Waals surface area (Å²) in [6.07, 6.45) is 4.94. The van der Waals surface area contributed by atoms with Crippen LogP contribution in [0.15, 0.2) is 24.3 Å². The third kappa shape index (κ3) is 5.22. The van der Waals surface area contributed by atoms with Gasteiger partial charge < -0.3 is 9.84 Å². The zero-order valence-corrected chi connectivity index (χ0v) is 11.0. The number of rotatable bonds is 8. The summed E-state index contributed by atoms with van der Waals surface area (Å²) in [6.45, 7) is 4.99. The average Bonchev–Trinajstić information content (AvgIpc) is 2.37. The van der Waals surface area contributed by atoms with E-state index < -0.39 is 0 Å². The van der Waals surface area contributed by atoms with Crippen molar-refractivity contribution in [2.45, 2.75) is 52.1 Å². The van der Waals surface area contributed by atoms with E-state index in [9.17, 15) is 5.11 Å². The smallest absolute Gasteiger partial charge is 0.119 e. The van der Waals surface area contributed by atoms with Crippen molar-refractivity contribution in [2.75, 3.05) is 6.61 Å². The van der Waals surface area contributed by atoms with Gasteiger partial charge in [-0.1, -0.05) is 45.2 Å². The normalized spacial score (nSPS) is 12.4. The molecule has 1 atom stereocenters. The lowest BCUT2D eigenvalue weighted by Gasteiger charge is -2.12. The molecule has 1 rings (SSSR count). The summed E-state index contributed by atoms with van der Waals surface area (Å²) in [7, 11) is 0. The molecule has 1 N–H and O–H groups in total. The Labute approximate surface area is 105 Å². The SMILES string of the molecule is CCCCCC(O)c1cccc(OCCC)c1. The molecule has 0 aromatic heterocycles. The molecule has 0 aliphatic heterocycles. The highest BCUT2D eigenvalue weighted by Crippen LogP contribution is 2.23. The Balaban J connectivity index is 2.51. The van der Waals surface area contributed by atoms with E-state index in [0.717, 1.165) is 37.2 Å². The van der Waals surface area contributed by atoms with Crippen molar-refractivity contribution >= 4 is 0 Å². The number of unbranched alkanes of at least 4 members (excludes halogenated alkanes) is 2. The fourth-order valence-corrected chi connectivity index (χ4v) is 1.79. The van der Waals surface area contributed by atoms with E-state index in [-0.39, 0.29) is 6.10 Å². The first-order chi connectivity index (χ1) is 8.27. The highest BCUT2D eigenvalue weighted by molar-refractivity contribution is 5.29. The van der Waals surface area contributed by atoms with Gasteiger partial charge in [0, 0.05) is 0 Å². The van der Waals surface area contributed by atoms with Crippen LogP contribution in [0.2, 0.25) is 0 Å². The van der Waals surface area contributed by atoms with Gasteiger partial charge in [-0.2, -0.15) is 0 Å². The minimum Gasteiger partial charge on any atom is -0.494 e. The molecule has 0 saturated heterocycles. The third-order valence-corrected chi connectivity index (χ3v) is 2.80. The number of aliphatic hydroxyl groups is 1. The lowest BCUT2D eigenvalue weighted by Crippen LogP contribution is -1.99. The molecule has 2 nitrogen and oxygen atoms in total. The summed E-state index contributed by atoms with van der Waals surface area (Å²) >= 11 is 0. The summed E-state index contributed by atoms with van der Waals surface area (Å²) in [6, 6.07) is 7.81. The van der Waals surface area contributed by atoms with Crippen LogP contribution in [-0.2, 0) is 0 Å². The molecule has 0 spiro atoms. The van der Waals surface area contributed by atoms with Crippen molar-refractivity contribution in [2.24, 2.45) is 0 Å². The summed E-state index contributed by atoms with van der Waals surface area (Å²) in [4.78, 5) is 0. The van der Waals surface area contributed by atoms with Crippen LogP contribution in [0.1, 0.15) is 57.6 Å². The zero-order valence-electron chi connectivity index (χ0n) is 11.0. The first kappa shape index (κ1) is 14.0. The molecule has 2 heteroatoms. The fraction of sp³-hybridized carbons (Fsp3) is 0.600. The van der Waals surface area contributed by atoms with Gasteiger partial charge in [0.15, 0.2) is 0 Å². The number of aliphatic hydroxyl groups excluding tert-OH is 1. The first-order valence-electron chi connectivity index (χ1n) is 6.68. The predicted molar refractivity (Wildman–Crippen MR) is 71.3 cm³/mol. The molecule has 0 bridgehead atoms. The standard InChI is InChI=1S/C15H24O2/c1-3-5-6-10-15(16)13-8-7-9-14(12-13)17-11-4-2/h7-9,12,15-16H,3-6,10-11H2,1-2H3. The number of hydrogen-bond donors (Lipinski definition) is 1. The average molecular weight is 236 g/mol. The minimum absolute atomic E-state index is 0.355. The summed E-state index contributed by atoms with van der Waals surface area (Å²) < 4.78 is 5.56. The van der Waals surface area contributed by atoms with Crippen LogP contribution in [0.25, 0.3) is 0 Å². The van der Waals surface area contributed by atoms with Crippen LogP contribution < -0.4 is 4.74 Å². The van der Waals surface area contributed by atoms with Crippen LogP contribution in [0, 0.1) is 0 Å². The molecule has 1 aromatic rings. The minimum atomic E-state index is -0.355. The van der Waals surface area contributed by atoms with Gasteiger partial charge in [0.25, 0.3) is 0 Å². The van der Waals surface area contributed by atoms with Crippen molar-refractivity contribution in [3.8, 4) is 5.75 Å². The van der Waals surface area contributed by atoms with Crippen LogP contribution >= 0.6 is 0 Å². The van der Waals surface area contributed by atoms with Crippen molar-refractivity contribution in [1.29, 1.82) is 0 Å². The van der Waals surface area contributed by atoms with E-state index in [2.05, 4.69) is 13.8 Å². The largest absolute Gasteiger partial charge is 0.494 e. The molecular formula is C15H24O2. The highest BCUT2D eigenvalue weighted by atomic mass is 16.5. The molecule has 0 aliphatic carbocycles. The molecule has 0 fully saturated rings. The van der Waals surface area contributed by atoms with Gasteiger partial charge in [-0.15, -0.1) is 0 Å². The van der Waals surface area contributed by atoms with Gasteiger partial charge in [0.2, 0.25) is 0 Å². The predicted octanol–water partition coefficient (Wildman–Crippen LogP) is 4.09. The van der Waals surface area contributed by atoms with Gasteiger partial charge in [-0.25, -0.2) is 0 Å². The third-order valence-electron chi connectivity index (χ3n) is 2.80. The molecule has 17 heavy (non-hydrogen) atoms. The lowest BCUT2D eigenvalue weighted by molar-refractivity contribution is 0.163. The Bertz CT molecular complexity index is 310. The Morgan fingerprint density at radius 2 is 2.00 bits per heavy atom. The topological polar surface area (TPSA) is 29.5 Å². The quantitative estimate of drug-likeness (QED) is 0.689. The van der Waals surface area contributed by atoms with Gasteiger partial charge >= 0.3 is 0 Å². The van der Waals surface area contributed by atoms with Crippen molar-refractivity contribution in [3.05, 3.63) is 29.8 Å². The van der Waals surface area contributed by atoms with Crippen LogP contribution in [0.5, 0.6) is 5.75 Å². The van der Waals surface area contributed by atoms with Crippen LogP contribution in [0.4, 0.5) is 0 Å². The molecule has 0 aliphatic rings. The van der Waals surface area contributed by atoms with E-state index >= 15 is 0 Å². The monoisotopic (exact) mass is 236 g/mol. The molecule has 96 valence electrons. The first-order valence-corrected chi connectivity index (χ1v) is 6.68.